The van der Waals surface area contributed by atoms with E-state index in [1.807, 2.05) is 36.9 Å². The third-order valence-electron chi connectivity index (χ3n) is 8.38. The number of hydrogen-bond donors (Lipinski definition) is 0. The van der Waals surface area contributed by atoms with Crippen LogP contribution in [-0.4, -0.2) is 37.2 Å². The number of benzene rings is 2. The molecule has 2 aliphatic heterocycles. The zero-order valence-corrected chi connectivity index (χ0v) is 22.9. The molecule has 0 spiro atoms. The molecule has 1 unspecified atom stereocenters. The topological polar surface area (TPSA) is 50.3 Å². The Bertz CT molecular complexity index is 1760. The number of hydrogen-bond acceptors (Lipinski definition) is 4. The number of alkyl halides is 3. The van der Waals surface area contributed by atoms with Gasteiger partial charge in [0.2, 0.25) is 0 Å². The summed E-state index contributed by atoms with van der Waals surface area (Å²) in [7, 11) is 0. The van der Waals surface area contributed by atoms with Gasteiger partial charge in [-0.15, -0.1) is 0 Å². The molecule has 1 aliphatic carbocycles. The Morgan fingerprint density at radius 2 is 1.49 bits per heavy atom. The first-order chi connectivity index (χ1) is 18.5. The van der Waals surface area contributed by atoms with Gasteiger partial charge in [-0.05, 0) is 0 Å². The van der Waals surface area contributed by atoms with Crippen LogP contribution in [0.1, 0.15) is 68.2 Å². The van der Waals surface area contributed by atoms with Crippen LogP contribution >= 0.6 is 0 Å². The molecule has 4 aromatic rings. The van der Waals surface area contributed by atoms with Gasteiger partial charge >= 0.3 is 229 Å². The maximum absolute atomic E-state index is 15.1. The molecule has 1 atom stereocenters. The van der Waals surface area contributed by atoms with Crippen LogP contribution in [0, 0.1) is 0 Å². The van der Waals surface area contributed by atoms with Gasteiger partial charge in [-0.1, -0.05) is 0 Å². The van der Waals surface area contributed by atoms with E-state index in [-0.39, 0.29) is 16.7 Å². The molecule has 3 aliphatic rings. The Kier molecular flexibility index (Phi) is 4.79. The summed E-state index contributed by atoms with van der Waals surface area (Å²) < 4.78 is 46.5. The van der Waals surface area contributed by atoms with Crippen molar-refractivity contribution in [3.8, 4) is 0 Å². The molecule has 39 heavy (non-hydrogen) atoms. The number of pyridine rings is 1. The van der Waals surface area contributed by atoms with E-state index in [4.69, 9.17) is 0 Å². The molecular weight excluding hydrogens is 568 g/mol. The third-order valence-corrected chi connectivity index (χ3v) is 10.6. The average Bonchev–Trinajstić information content (AvgIpc) is 3.43. The van der Waals surface area contributed by atoms with Gasteiger partial charge in [-0.3, -0.25) is 0 Å². The number of halogens is 3. The summed E-state index contributed by atoms with van der Waals surface area (Å²) in [4.78, 5) is 32.7. The Labute approximate surface area is 228 Å². The van der Waals surface area contributed by atoms with E-state index in [0.29, 0.717) is 31.6 Å². The van der Waals surface area contributed by atoms with E-state index in [0.717, 1.165) is 11.1 Å². The van der Waals surface area contributed by atoms with Gasteiger partial charge in [0.25, 0.3) is 0 Å². The van der Waals surface area contributed by atoms with E-state index in [1.54, 1.807) is 42.6 Å². The van der Waals surface area contributed by atoms with Crippen molar-refractivity contribution in [1.29, 1.82) is 0 Å². The molecule has 0 amide bonds. The molecule has 0 radical (unpaired) electrons. The predicted molar refractivity (Wildman–Crippen MR) is 144 cm³/mol. The van der Waals surface area contributed by atoms with Crippen LogP contribution in [-0.2, 0) is 10.8 Å². The van der Waals surface area contributed by atoms with Gasteiger partial charge < -0.3 is 0 Å². The quantitative estimate of drug-likeness (QED) is 0.138. The monoisotopic (exact) mass is 590 g/mol. The van der Waals surface area contributed by atoms with Crippen molar-refractivity contribution < 1.29 is 22.8 Å². The normalized spacial score (nSPS) is 20.4. The number of nitrogens with zero attached hydrogens (tertiary/aromatic N) is 2. The van der Waals surface area contributed by atoms with Crippen molar-refractivity contribution in [3.63, 3.8) is 0 Å². The SMILES string of the molecule is CC1(C)c2cccnc2N2c3[se]c(C=C4C(=O)c5ccccc5C4=O)cc3C(C)(C(F)(F)F)c3cccc1c32. The Morgan fingerprint density at radius 3 is 2.15 bits per heavy atom. The zero-order valence-electron chi connectivity index (χ0n) is 21.2. The Hall–Kier alpha value is -3.74. The minimum absolute atomic E-state index is 0.00519. The first-order valence-corrected chi connectivity index (χ1v) is 14.2. The zero-order chi connectivity index (χ0) is 27.5. The summed E-state index contributed by atoms with van der Waals surface area (Å²) in [6.45, 7) is 5.26. The van der Waals surface area contributed by atoms with Crippen LogP contribution in [0.15, 0.2) is 72.4 Å². The van der Waals surface area contributed by atoms with Crippen LogP contribution in [0.3, 0.4) is 0 Å². The van der Waals surface area contributed by atoms with Gasteiger partial charge in [0, 0.05) is 0 Å². The van der Waals surface area contributed by atoms with Gasteiger partial charge in [0.15, 0.2) is 0 Å². The van der Waals surface area contributed by atoms with Crippen LogP contribution in [0.25, 0.3) is 6.08 Å². The van der Waals surface area contributed by atoms with Gasteiger partial charge in [-0.2, -0.15) is 0 Å². The fourth-order valence-corrected chi connectivity index (χ4v) is 8.75. The molecular formula is C31H21F3N2O2Se. The second kappa shape index (κ2) is 7.68. The van der Waals surface area contributed by atoms with Crippen molar-refractivity contribution in [1.82, 2.24) is 4.98 Å². The van der Waals surface area contributed by atoms with E-state index in [9.17, 15) is 9.59 Å². The number of para-hydroxylation sites is 1. The standard InChI is InChI=1S/C31H21F3N2O2Se/c1-29(2)20-10-6-11-21-24(20)36(27-22(29)12-7-13-35-27)28-23(30(21,3)31(32,33)34)15-16(39-28)14-19-25(37)17-8-4-5-9-18(17)26(19)38/h4-15H,1-3H3. The number of allylic oxidation sites excluding steroid dienone is 1. The number of aromatic nitrogens is 1. The molecule has 0 saturated carbocycles. The molecule has 2 aromatic carbocycles. The van der Waals surface area contributed by atoms with Crippen LogP contribution in [0.2, 0.25) is 0 Å². The molecule has 0 saturated heterocycles. The van der Waals surface area contributed by atoms with Gasteiger partial charge in [-0.25, -0.2) is 0 Å². The number of rotatable bonds is 1. The molecule has 7 rings (SSSR count). The fraction of sp³-hybridized carbons (Fsp3) is 0.194. The van der Waals surface area contributed by atoms with Crippen molar-refractivity contribution in [3.05, 3.63) is 110 Å². The summed E-state index contributed by atoms with van der Waals surface area (Å²) in [5, 5.41) is 0. The first kappa shape index (κ1) is 24.3. The van der Waals surface area contributed by atoms with Crippen molar-refractivity contribution in [2.75, 3.05) is 4.90 Å². The maximum atomic E-state index is 15.1. The Balaban J connectivity index is 1.51. The van der Waals surface area contributed by atoms with Crippen LogP contribution in [0.5, 0.6) is 0 Å². The van der Waals surface area contributed by atoms with Crippen molar-refractivity contribution in [2.24, 2.45) is 0 Å². The van der Waals surface area contributed by atoms with Crippen molar-refractivity contribution >= 4 is 48.2 Å². The minimum atomic E-state index is -4.59. The number of carbonyl (C=O) groups excluding carboxylic acids is 2. The molecule has 8 heteroatoms. The van der Waals surface area contributed by atoms with E-state index >= 15 is 13.2 Å². The van der Waals surface area contributed by atoms with E-state index in [1.165, 1.54) is 19.1 Å². The second-order valence-corrected chi connectivity index (χ2v) is 13.0. The van der Waals surface area contributed by atoms with E-state index < -0.39 is 43.1 Å². The molecule has 0 N–H and O–H groups in total. The van der Waals surface area contributed by atoms with Gasteiger partial charge in [0.05, 0.1) is 0 Å². The van der Waals surface area contributed by atoms with Crippen LogP contribution in [0.4, 0.5) is 29.2 Å². The number of Topliss-reactive ketones (excluding diaryl/α,β-unsaturated/α-hetero) is 2. The summed E-state index contributed by atoms with van der Waals surface area (Å²) in [5.41, 5.74) is 0.381. The fourth-order valence-electron chi connectivity index (χ4n) is 6.20. The summed E-state index contributed by atoms with van der Waals surface area (Å²) >= 11 is -0.620. The van der Waals surface area contributed by atoms with Crippen molar-refractivity contribution in [2.45, 2.75) is 37.8 Å². The third kappa shape index (κ3) is 2.99. The summed E-state index contributed by atoms with van der Waals surface area (Å²) in [6, 6.07) is 17.1. The number of carbonyl (C=O) groups is 2. The van der Waals surface area contributed by atoms with Crippen LogP contribution < -0.4 is 4.90 Å². The summed E-state index contributed by atoms with van der Waals surface area (Å²) in [5.74, 6) is -0.176. The molecule has 4 heterocycles. The number of anilines is 3. The Morgan fingerprint density at radius 1 is 0.846 bits per heavy atom. The molecule has 0 bridgehead atoms. The molecule has 4 nitrogen and oxygen atoms in total. The number of ketones is 2. The molecule has 194 valence electrons. The average molecular weight is 589 g/mol. The van der Waals surface area contributed by atoms with Gasteiger partial charge in [0.1, 0.15) is 0 Å². The molecule has 0 fully saturated rings. The molecule has 2 aromatic heterocycles. The number of fused-ring (bicyclic) bond motifs is 5. The first-order valence-electron chi connectivity index (χ1n) is 12.5. The predicted octanol–water partition coefficient (Wildman–Crippen LogP) is 6.89. The van der Waals surface area contributed by atoms with E-state index in [2.05, 4.69) is 4.98 Å². The second-order valence-electron chi connectivity index (χ2n) is 10.8. The summed E-state index contributed by atoms with van der Waals surface area (Å²) in [6.07, 6.45) is -1.43.